The van der Waals surface area contributed by atoms with Crippen LogP contribution in [0.15, 0.2) is 61.2 Å². The second-order valence-electron chi connectivity index (χ2n) is 9.21. The van der Waals surface area contributed by atoms with Crippen molar-refractivity contribution >= 4 is 29.3 Å². The minimum absolute atomic E-state index is 0.0138. The number of carbonyl (C=O) groups is 3. The fraction of sp³-hybridized carbons (Fsp3) is 0.357. The van der Waals surface area contributed by atoms with Gasteiger partial charge in [-0.1, -0.05) is 24.3 Å². The number of nitrogens with one attached hydrogen (secondary N) is 3. The minimum Gasteiger partial charge on any atom is -0.495 e. The van der Waals surface area contributed by atoms with Gasteiger partial charge in [-0.25, -0.2) is 9.78 Å². The summed E-state index contributed by atoms with van der Waals surface area (Å²) in [5.74, 6) is -0.665. The van der Waals surface area contributed by atoms with E-state index in [0.717, 1.165) is 24.1 Å². The van der Waals surface area contributed by atoms with E-state index in [9.17, 15) is 19.5 Å². The van der Waals surface area contributed by atoms with Crippen LogP contribution in [0.1, 0.15) is 36.9 Å². The number of benzene rings is 2. The maximum atomic E-state index is 12.6. The lowest BCUT2D eigenvalue weighted by atomic mass is 10.0. The second-order valence-corrected chi connectivity index (χ2v) is 9.21. The number of imidazole rings is 1. The summed E-state index contributed by atoms with van der Waals surface area (Å²) in [5.41, 5.74) is 2.87. The van der Waals surface area contributed by atoms with Gasteiger partial charge in [0.1, 0.15) is 5.75 Å². The third kappa shape index (κ3) is 9.46. The van der Waals surface area contributed by atoms with Crippen molar-refractivity contribution in [1.29, 1.82) is 0 Å². The monoisotopic (exact) mass is 536 g/mol. The zero-order valence-corrected chi connectivity index (χ0v) is 22.5. The molecule has 0 bridgehead atoms. The van der Waals surface area contributed by atoms with Gasteiger partial charge in [-0.2, -0.15) is 0 Å². The summed E-state index contributed by atoms with van der Waals surface area (Å²) in [6.07, 6.45) is 6.11. The summed E-state index contributed by atoms with van der Waals surface area (Å²) in [4.78, 5) is 42.1. The van der Waals surface area contributed by atoms with Gasteiger partial charge in [-0.05, 0) is 49.2 Å². The summed E-state index contributed by atoms with van der Waals surface area (Å²) in [7, 11) is 1.51. The van der Waals surface area contributed by atoms with Crippen molar-refractivity contribution < 1.29 is 24.2 Å². The van der Waals surface area contributed by atoms with E-state index in [1.165, 1.54) is 14.0 Å². The molecule has 0 aliphatic rings. The maximum Gasteiger partial charge on any atom is 0.323 e. The van der Waals surface area contributed by atoms with Gasteiger partial charge in [0.05, 0.1) is 31.6 Å². The molecule has 3 rings (SSSR count). The number of para-hydroxylation sites is 1. The highest BCUT2D eigenvalue weighted by Gasteiger charge is 2.20. The van der Waals surface area contributed by atoms with E-state index in [-0.39, 0.29) is 12.3 Å². The lowest BCUT2D eigenvalue weighted by molar-refractivity contribution is -0.137. The predicted octanol–water partition coefficient (Wildman–Crippen LogP) is 3.89. The molecule has 0 fully saturated rings. The molecule has 11 heteroatoms. The minimum atomic E-state index is -0.883. The Hall–Kier alpha value is -4.38. The molecule has 0 spiro atoms. The third-order valence-corrected chi connectivity index (χ3v) is 6.18. The van der Waals surface area contributed by atoms with Gasteiger partial charge in [-0.3, -0.25) is 9.59 Å². The van der Waals surface area contributed by atoms with Crippen LogP contribution in [0, 0.1) is 6.92 Å². The fourth-order valence-corrected chi connectivity index (χ4v) is 4.20. The Morgan fingerprint density at radius 3 is 2.54 bits per heavy atom. The number of carboxylic acid groups (broad SMARTS) is 1. The molecule has 0 saturated carbocycles. The van der Waals surface area contributed by atoms with Crippen molar-refractivity contribution in [3.8, 4) is 5.75 Å². The Labute approximate surface area is 228 Å². The van der Waals surface area contributed by atoms with Crippen LogP contribution >= 0.6 is 0 Å². The van der Waals surface area contributed by atoms with Gasteiger partial charge in [0.15, 0.2) is 0 Å². The lowest BCUT2D eigenvalue weighted by Gasteiger charge is -2.28. The summed E-state index contributed by atoms with van der Waals surface area (Å²) < 4.78 is 7.52. The number of carbonyl (C=O) groups excluding carboxylic acids is 2. The normalized spacial score (nSPS) is 11.6. The first-order valence-corrected chi connectivity index (χ1v) is 12.7. The molecule has 1 unspecified atom stereocenters. The Kier molecular flexibility index (Phi) is 10.9. The summed E-state index contributed by atoms with van der Waals surface area (Å²) in [6, 6.07) is 11.9. The Morgan fingerprint density at radius 1 is 1.10 bits per heavy atom. The lowest BCUT2D eigenvalue weighted by Crippen LogP contribution is -2.39. The van der Waals surface area contributed by atoms with Crippen LogP contribution in [0.2, 0.25) is 0 Å². The number of rotatable bonds is 14. The molecule has 0 aliphatic carbocycles. The number of aliphatic carboxylic acids is 1. The molecule has 1 heterocycles. The van der Waals surface area contributed by atoms with E-state index < -0.39 is 18.0 Å². The Bertz CT molecular complexity index is 1250. The number of nitrogens with zero attached hydrogens (tertiary/aromatic N) is 3. The van der Waals surface area contributed by atoms with Crippen LogP contribution in [-0.4, -0.2) is 64.2 Å². The zero-order chi connectivity index (χ0) is 28.2. The van der Waals surface area contributed by atoms with Crippen LogP contribution in [0.5, 0.6) is 5.75 Å². The van der Waals surface area contributed by atoms with Gasteiger partial charge >= 0.3 is 12.0 Å². The van der Waals surface area contributed by atoms with Crippen LogP contribution in [0.3, 0.4) is 0 Å². The number of urea groups is 1. The zero-order valence-electron chi connectivity index (χ0n) is 22.5. The quantitative estimate of drug-likeness (QED) is 0.245. The van der Waals surface area contributed by atoms with E-state index in [1.54, 1.807) is 24.7 Å². The summed E-state index contributed by atoms with van der Waals surface area (Å²) in [5, 5.41) is 17.9. The highest BCUT2D eigenvalue weighted by molar-refractivity contribution is 6.01. The highest BCUT2D eigenvalue weighted by atomic mass is 16.5. The van der Waals surface area contributed by atoms with Crippen LogP contribution < -0.4 is 20.7 Å². The number of hydrogen-bond donors (Lipinski definition) is 4. The number of carboxylic acids is 1. The van der Waals surface area contributed by atoms with Crippen LogP contribution in [-0.2, 0) is 16.1 Å². The Morgan fingerprint density at radius 2 is 1.87 bits per heavy atom. The number of methoxy groups -OCH3 is 1. The van der Waals surface area contributed by atoms with Crippen LogP contribution in [0.4, 0.5) is 16.2 Å². The van der Waals surface area contributed by atoms with Gasteiger partial charge in [0.25, 0.3) is 0 Å². The van der Waals surface area contributed by atoms with E-state index >= 15 is 0 Å². The highest BCUT2D eigenvalue weighted by Crippen LogP contribution is 2.29. The summed E-state index contributed by atoms with van der Waals surface area (Å²) in [6.45, 7) is 5.47. The van der Waals surface area contributed by atoms with Crippen molar-refractivity contribution in [2.24, 2.45) is 0 Å². The average Bonchev–Trinajstić information content (AvgIpc) is 3.41. The number of hydrogen-bond acceptors (Lipinski definition) is 6. The van der Waals surface area contributed by atoms with Gasteiger partial charge < -0.3 is 35.3 Å². The maximum absolute atomic E-state index is 12.6. The molecule has 0 radical (unpaired) electrons. The molecule has 4 N–H and O–H groups in total. The van der Waals surface area contributed by atoms with Crippen molar-refractivity contribution in [3.05, 3.63) is 72.3 Å². The molecule has 0 saturated heterocycles. The molecular weight excluding hydrogens is 500 g/mol. The topological polar surface area (TPSA) is 138 Å². The molecular formula is C28H36N6O5. The van der Waals surface area contributed by atoms with Crippen LogP contribution in [0.25, 0.3) is 0 Å². The smallest absolute Gasteiger partial charge is 0.323 e. The fourth-order valence-electron chi connectivity index (χ4n) is 4.20. The third-order valence-electron chi connectivity index (χ3n) is 6.18. The van der Waals surface area contributed by atoms with E-state index in [1.807, 2.05) is 52.9 Å². The standard InChI is InChI=1S/C28H36N6O5/c1-20-7-4-5-8-23(20)31-28(38)32-24-10-9-22(17-26(24)39-3)25(30-21(2)35)18-33(15-11-27(36)37)13-6-14-34-16-12-29-19-34/h4-5,7-10,12,16-17,19,25H,6,11,13-15,18H2,1-3H3,(H,30,35)(H,36,37)(H2,31,32,38). The molecule has 208 valence electrons. The molecule has 11 nitrogen and oxygen atoms in total. The molecule has 3 aromatic rings. The van der Waals surface area contributed by atoms with Crippen molar-refractivity contribution in [2.45, 2.75) is 39.3 Å². The molecule has 2 aromatic carbocycles. The summed E-state index contributed by atoms with van der Waals surface area (Å²) >= 11 is 0. The SMILES string of the molecule is COc1cc(C(CN(CCCn2ccnc2)CCC(=O)O)NC(C)=O)ccc1NC(=O)Nc1ccccc1C. The first-order valence-electron chi connectivity index (χ1n) is 12.7. The number of aromatic nitrogens is 2. The van der Waals surface area contributed by atoms with Gasteiger partial charge in [0.2, 0.25) is 5.91 Å². The number of ether oxygens (including phenoxy) is 1. The van der Waals surface area contributed by atoms with E-state index in [0.29, 0.717) is 36.8 Å². The predicted molar refractivity (Wildman–Crippen MR) is 149 cm³/mol. The molecule has 39 heavy (non-hydrogen) atoms. The molecule has 1 aromatic heterocycles. The molecule has 3 amide bonds. The first kappa shape index (κ1) is 29.2. The molecule has 1 atom stereocenters. The number of aryl methyl sites for hydroxylation is 2. The number of anilines is 2. The van der Waals surface area contributed by atoms with Gasteiger partial charge in [-0.15, -0.1) is 0 Å². The van der Waals surface area contributed by atoms with Gasteiger partial charge in [0, 0.05) is 44.6 Å². The van der Waals surface area contributed by atoms with E-state index in [2.05, 4.69) is 20.9 Å². The average molecular weight is 537 g/mol. The molecule has 0 aliphatic heterocycles. The largest absolute Gasteiger partial charge is 0.495 e. The second kappa shape index (κ2) is 14.5. The van der Waals surface area contributed by atoms with Crippen molar-refractivity contribution in [1.82, 2.24) is 19.8 Å². The number of amides is 3. The van der Waals surface area contributed by atoms with Crippen molar-refractivity contribution in [2.75, 3.05) is 37.4 Å². The van der Waals surface area contributed by atoms with Crippen molar-refractivity contribution in [3.63, 3.8) is 0 Å². The first-order chi connectivity index (χ1) is 18.7. The van der Waals surface area contributed by atoms with E-state index in [4.69, 9.17) is 4.74 Å². The Balaban J connectivity index is 1.74.